The molecule has 0 spiro atoms. The minimum atomic E-state index is -0.237. The summed E-state index contributed by atoms with van der Waals surface area (Å²) in [5.41, 5.74) is 0. The second kappa shape index (κ2) is 11.0. The monoisotopic (exact) mass is 211 g/mol. The molecule has 0 atom stereocenters. The van der Waals surface area contributed by atoms with Gasteiger partial charge in [-0.05, 0) is 6.42 Å². The van der Waals surface area contributed by atoms with Crippen LogP contribution in [0.25, 0.3) is 4.85 Å². The van der Waals surface area contributed by atoms with Crippen molar-refractivity contribution in [2.75, 3.05) is 13.2 Å². The van der Waals surface area contributed by atoms with Crippen molar-refractivity contribution in [2.24, 2.45) is 0 Å². The Bertz CT molecular complexity index is 196. The Hall–Kier alpha value is -1.04. The quantitative estimate of drug-likeness (QED) is 0.333. The summed E-state index contributed by atoms with van der Waals surface area (Å²) in [5.74, 6) is -0.237. The largest absolute Gasteiger partial charge is 0.465 e. The lowest BCUT2D eigenvalue weighted by molar-refractivity contribution is -0.143. The molecule has 0 amide bonds. The van der Waals surface area contributed by atoms with Gasteiger partial charge < -0.3 is 9.58 Å². The zero-order valence-electron chi connectivity index (χ0n) is 9.63. The van der Waals surface area contributed by atoms with Crippen LogP contribution in [0, 0.1) is 6.57 Å². The number of esters is 1. The number of hydrogen-bond donors (Lipinski definition) is 0. The third-order valence-corrected chi connectivity index (χ3v) is 2.19. The third kappa shape index (κ3) is 10.9. The molecule has 0 radical (unpaired) electrons. The fraction of sp³-hybridized carbons (Fsp3) is 0.833. The van der Waals surface area contributed by atoms with Gasteiger partial charge in [0.1, 0.15) is 6.42 Å². The van der Waals surface area contributed by atoms with Crippen molar-refractivity contribution in [2.45, 2.75) is 51.9 Å². The molecule has 0 saturated carbocycles. The van der Waals surface area contributed by atoms with Crippen molar-refractivity contribution >= 4 is 5.97 Å². The van der Waals surface area contributed by atoms with Gasteiger partial charge in [-0.3, -0.25) is 4.79 Å². The second-order valence-electron chi connectivity index (χ2n) is 3.62. The topological polar surface area (TPSA) is 30.7 Å². The van der Waals surface area contributed by atoms with E-state index in [1.165, 1.54) is 25.7 Å². The Labute approximate surface area is 92.6 Å². The summed E-state index contributed by atoms with van der Waals surface area (Å²) in [6.07, 6.45) is 7.38. The molecule has 0 heterocycles. The van der Waals surface area contributed by atoms with Gasteiger partial charge in [0, 0.05) is 0 Å². The maximum absolute atomic E-state index is 11.0. The molecule has 3 heteroatoms. The van der Waals surface area contributed by atoms with Crippen molar-refractivity contribution in [3.05, 3.63) is 11.4 Å². The van der Waals surface area contributed by atoms with Crippen LogP contribution in [0.1, 0.15) is 51.9 Å². The van der Waals surface area contributed by atoms with Gasteiger partial charge in [0.2, 0.25) is 6.54 Å². The predicted octanol–water partition coefficient (Wildman–Crippen LogP) is 3.20. The second-order valence-corrected chi connectivity index (χ2v) is 3.62. The van der Waals surface area contributed by atoms with Crippen LogP contribution in [0.5, 0.6) is 0 Å². The average molecular weight is 211 g/mol. The van der Waals surface area contributed by atoms with Crippen LogP contribution in [0.3, 0.4) is 0 Å². The van der Waals surface area contributed by atoms with E-state index in [0.29, 0.717) is 6.61 Å². The van der Waals surface area contributed by atoms with E-state index >= 15 is 0 Å². The Balaban J connectivity index is 3.10. The summed E-state index contributed by atoms with van der Waals surface area (Å²) in [6, 6.07) is 0. The fourth-order valence-corrected chi connectivity index (χ4v) is 1.29. The van der Waals surface area contributed by atoms with Gasteiger partial charge >= 0.3 is 5.97 Å². The summed E-state index contributed by atoms with van der Waals surface area (Å²) in [6.45, 7) is 9.48. The molecular weight excluding hydrogens is 190 g/mol. The number of unbranched alkanes of at least 4 members (excludes halogenated alkanes) is 5. The van der Waals surface area contributed by atoms with E-state index in [4.69, 9.17) is 11.3 Å². The van der Waals surface area contributed by atoms with Gasteiger partial charge in [0.05, 0.1) is 6.61 Å². The van der Waals surface area contributed by atoms with Gasteiger partial charge in [-0.15, -0.1) is 0 Å². The van der Waals surface area contributed by atoms with Crippen LogP contribution < -0.4 is 0 Å². The molecule has 3 nitrogen and oxygen atoms in total. The first-order valence-corrected chi connectivity index (χ1v) is 5.80. The minimum absolute atomic E-state index is 0.235. The summed E-state index contributed by atoms with van der Waals surface area (Å²) >= 11 is 0. The number of carbonyl (C=O) groups excluding carboxylic acids is 1. The van der Waals surface area contributed by atoms with Gasteiger partial charge in [-0.25, -0.2) is 6.57 Å². The molecule has 0 saturated heterocycles. The first kappa shape index (κ1) is 14.0. The Morgan fingerprint density at radius 1 is 1.20 bits per heavy atom. The standard InChI is InChI=1S/C12H21NO2/c1-3-4-5-6-7-8-11-15-12(14)9-10-13-2/h3-11H2,1H3. The van der Waals surface area contributed by atoms with Crippen molar-refractivity contribution in [3.8, 4) is 0 Å². The highest BCUT2D eigenvalue weighted by Gasteiger charge is 2.03. The first-order valence-electron chi connectivity index (χ1n) is 5.80. The maximum Gasteiger partial charge on any atom is 0.313 e. The smallest absolute Gasteiger partial charge is 0.313 e. The van der Waals surface area contributed by atoms with E-state index in [-0.39, 0.29) is 18.9 Å². The van der Waals surface area contributed by atoms with Crippen molar-refractivity contribution < 1.29 is 9.53 Å². The van der Waals surface area contributed by atoms with Crippen molar-refractivity contribution in [1.29, 1.82) is 0 Å². The van der Waals surface area contributed by atoms with Gasteiger partial charge in [0.25, 0.3) is 0 Å². The lowest BCUT2D eigenvalue weighted by atomic mass is 10.1. The highest BCUT2D eigenvalue weighted by molar-refractivity contribution is 5.69. The molecule has 0 N–H and O–H groups in total. The van der Waals surface area contributed by atoms with Crippen LogP contribution in [-0.2, 0) is 9.53 Å². The molecule has 0 aliphatic heterocycles. The molecule has 0 aliphatic rings. The molecule has 0 aromatic rings. The van der Waals surface area contributed by atoms with E-state index < -0.39 is 0 Å². The molecule has 0 aromatic carbocycles. The predicted molar refractivity (Wildman–Crippen MR) is 60.4 cm³/mol. The van der Waals surface area contributed by atoms with Crippen molar-refractivity contribution in [3.63, 3.8) is 0 Å². The molecule has 86 valence electrons. The number of ether oxygens (including phenoxy) is 1. The Morgan fingerprint density at radius 2 is 1.87 bits per heavy atom. The van der Waals surface area contributed by atoms with E-state index in [2.05, 4.69) is 11.8 Å². The Morgan fingerprint density at radius 3 is 2.53 bits per heavy atom. The molecule has 0 rings (SSSR count). The summed E-state index contributed by atoms with van der Waals surface area (Å²) in [7, 11) is 0. The minimum Gasteiger partial charge on any atom is -0.465 e. The average Bonchev–Trinajstić information content (AvgIpc) is 2.25. The lowest BCUT2D eigenvalue weighted by Crippen LogP contribution is -2.06. The van der Waals surface area contributed by atoms with E-state index in [0.717, 1.165) is 12.8 Å². The zero-order valence-corrected chi connectivity index (χ0v) is 9.63. The Kier molecular flexibility index (Phi) is 10.3. The molecule has 0 unspecified atom stereocenters. The number of nitrogens with zero attached hydrogens (tertiary/aromatic N) is 1. The summed E-state index contributed by atoms with van der Waals surface area (Å²) in [4.78, 5) is 14.1. The van der Waals surface area contributed by atoms with Crippen LogP contribution in [-0.4, -0.2) is 19.1 Å². The first-order chi connectivity index (χ1) is 7.31. The van der Waals surface area contributed by atoms with Crippen LogP contribution in [0.2, 0.25) is 0 Å². The molecule has 0 bridgehead atoms. The van der Waals surface area contributed by atoms with E-state index in [1.54, 1.807) is 0 Å². The molecular formula is C12H21NO2. The van der Waals surface area contributed by atoms with Crippen LogP contribution in [0.4, 0.5) is 0 Å². The maximum atomic E-state index is 11.0. The summed E-state index contributed by atoms with van der Waals surface area (Å²) < 4.78 is 4.97. The van der Waals surface area contributed by atoms with Crippen molar-refractivity contribution in [1.82, 2.24) is 0 Å². The van der Waals surface area contributed by atoms with E-state index in [9.17, 15) is 4.79 Å². The summed E-state index contributed by atoms with van der Waals surface area (Å²) in [5, 5.41) is 0. The highest BCUT2D eigenvalue weighted by Crippen LogP contribution is 2.05. The number of carbonyl (C=O) groups is 1. The normalized spacial score (nSPS) is 9.60. The van der Waals surface area contributed by atoms with Crippen LogP contribution >= 0.6 is 0 Å². The van der Waals surface area contributed by atoms with Gasteiger partial charge in [0.15, 0.2) is 0 Å². The zero-order chi connectivity index (χ0) is 11.4. The number of rotatable bonds is 9. The van der Waals surface area contributed by atoms with Gasteiger partial charge in [-0.2, -0.15) is 0 Å². The number of hydrogen-bond acceptors (Lipinski definition) is 2. The van der Waals surface area contributed by atoms with Crippen LogP contribution in [0.15, 0.2) is 0 Å². The lowest BCUT2D eigenvalue weighted by Gasteiger charge is -2.02. The fourth-order valence-electron chi connectivity index (χ4n) is 1.29. The molecule has 0 fully saturated rings. The van der Waals surface area contributed by atoms with Gasteiger partial charge in [-0.1, -0.05) is 39.0 Å². The third-order valence-electron chi connectivity index (χ3n) is 2.19. The molecule has 0 aliphatic carbocycles. The molecule has 0 aromatic heterocycles. The SMILES string of the molecule is [C-]#[N+]CCC(=O)OCCCCCCCC. The highest BCUT2D eigenvalue weighted by atomic mass is 16.5. The van der Waals surface area contributed by atoms with E-state index in [1.807, 2.05) is 0 Å². The molecule has 15 heavy (non-hydrogen) atoms.